The van der Waals surface area contributed by atoms with Crippen LogP contribution in [0, 0.1) is 5.82 Å². The van der Waals surface area contributed by atoms with Gasteiger partial charge in [-0.1, -0.05) is 12.1 Å². The van der Waals surface area contributed by atoms with E-state index in [2.05, 4.69) is 15.1 Å². The Morgan fingerprint density at radius 3 is 2.26 bits per heavy atom. The molecule has 1 aliphatic heterocycles. The van der Waals surface area contributed by atoms with Gasteiger partial charge in [0, 0.05) is 37.8 Å². The lowest BCUT2D eigenvalue weighted by molar-refractivity contribution is -0.132. The largest absolute Gasteiger partial charge is 0.493 e. The molecule has 0 saturated carbocycles. The Morgan fingerprint density at radius 1 is 0.947 bits per heavy atom. The number of carbonyl (C=O) groups is 2. The molecule has 2 aromatic carbocycles. The van der Waals surface area contributed by atoms with E-state index in [9.17, 15) is 14.0 Å². The number of rotatable bonds is 8. The Labute approximate surface area is 221 Å². The van der Waals surface area contributed by atoms with Gasteiger partial charge in [0.1, 0.15) is 12.4 Å². The quantitative estimate of drug-likeness (QED) is 0.448. The van der Waals surface area contributed by atoms with E-state index in [4.69, 9.17) is 9.47 Å². The number of methoxy groups -OCH3 is 2. The van der Waals surface area contributed by atoms with E-state index in [0.717, 1.165) is 11.4 Å². The lowest BCUT2D eigenvalue weighted by atomic mass is 10.1. The van der Waals surface area contributed by atoms with Crippen LogP contribution in [-0.4, -0.2) is 84.8 Å². The number of hydrogen-bond acceptors (Lipinski definition) is 7. The average molecular weight is 522 g/mol. The SMILES string of the molecule is COc1ccc(-c2ccc(N3CCN(C(=O)CN(C(=O)c4ccccc4F)C(C)C)CC3)nn2)cc1OC. The molecule has 1 fully saturated rings. The molecule has 0 radical (unpaired) electrons. The van der Waals surface area contributed by atoms with Gasteiger partial charge in [-0.25, -0.2) is 4.39 Å². The average Bonchev–Trinajstić information content (AvgIpc) is 2.95. The number of ether oxygens (including phenoxy) is 2. The highest BCUT2D eigenvalue weighted by Gasteiger charge is 2.28. The molecular formula is C28H32FN5O4. The number of amides is 2. The lowest BCUT2D eigenvalue weighted by Crippen LogP contribution is -2.53. The number of carbonyl (C=O) groups excluding carboxylic acids is 2. The Hall–Kier alpha value is -4.21. The summed E-state index contributed by atoms with van der Waals surface area (Å²) in [7, 11) is 3.17. The molecule has 10 heteroatoms. The number of anilines is 1. The summed E-state index contributed by atoms with van der Waals surface area (Å²) < 4.78 is 24.8. The highest BCUT2D eigenvalue weighted by Crippen LogP contribution is 2.31. The molecule has 1 saturated heterocycles. The van der Waals surface area contributed by atoms with Crippen molar-refractivity contribution in [2.75, 3.05) is 51.8 Å². The van der Waals surface area contributed by atoms with Gasteiger partial charge >= 0.3 is 0 Å². The normalized spacial score (nSPS) is 13.4. The lowest BCUT2D eigenvalue weighted by Gasteiger charge is -2.36. The van der Waals surface area contributed by atoms with Crippen LogP contribution < -0.4 is 14.4 Å². The van der Waals surface area contributed by atoms with Crippen molar-refractivity contribution in [3.05, 3.63) is 66.0 Å². The molecule has 0 N–H and O–H groups in total. The van der Waals surface area contributed by atoms with Crippen LogP contribution in [0.4, 0.5) is 10.2 Å². The van der Waals surface area contributed by atoms with E-state index < -0.39 is 11.7 Å². The maximum absolute atomic E-state index is 14.2. The Bertz CT molecular complexity index is 1280. The maximum atomic E-state index is 14.2. The first-order valence-electron chi connectivity index (χ1n) is 12.5. The van der Waals surface area contributed by atoms with Gasteiger partial charge in [0.25, 0.3) is 5.91 Å². The molecule has 0 atom stereocenters. The highest BCUT2D eigenvalue weighted by atomic mass is 19.1. The summed E-state index contributed by atoms with van der Waals surface area (Å²) in [5.41, 5.74) is 1.53. The van der Waals surface area contributed by atoms with Crippen LogP contribution in [0.25, 0.3) is 11.3 Å². The fourth-order valence-electron chi connectivity index (χ4n) is 4.35. The second-order valence-corrected chi connectivity index (χ2v) is 9.22. The van der Waals surface area contributed by atoms with Crippen LogP contribution in [0.2, 0.25) is 0 Å². The van der Waals surface area contributed by atoms with Gasteiger partial charge in [-0.3, -0.25) is 9.59 Å². The number of aromatic nitrogens is 2. The molecule has 0 unspecified atom stereocenters. The van der Waals surface area contributed by atoms with Crippen LogP contribution >= 0.6 is 0 Å². The summed E-state index contributed by atoms with van der Waals surface area (Å²) in [6.45, 7) is 5.65. The smallest absolute Gasteiger partial charge is 0.257 e. The molecule has 200 valence electrons. The zero-order valence-corrected chi connectivity index (χ0v) is 22.1. The molecule has 2 heterocycles. The number of piperazine rings is 1. The van der Waals surface area contributed by atoms with Crippen LogP contribution in [0.5, 0.6) is 11.5 Å². The zero-order valence-electron chi connectivity index (χ0n) is 22.1. The van der Waals surface area contributed by atoms with Gasteiger partial charge in [0.15, 0.2) is 17.3 Å². The van der Waals surface area contributed by atoms with E-state index in [1.54, 1.807) is 25.2 Å². The van der Waals surface area contributed by atoms with Crippen molar-refractivity contribution in [2.45, 2.75) is 19.9 Å². The monoisotopic (exact) mass is 521 g/mol. The second kappa shape index (κ2) is 11.9. The van der Waals surface area contributed by atoms with Gasteiger partial charge < -0.3 is 24.2 Å². The van der Waals surface area contributed by atoms with Gasteiger partial charge in [0.2, 0.25) is 5.91 Å². The van der Waals surface area contributed by atoms with E-state index in [-0.39, 0.29) is 24.1 Å². The molecule has 0 bridgehead atoms. The number of nitrogens with zero attached hydrogens (tertiary/aromatic N) is 5. The van der Waals surface area contributed by atoms with Crippen LogP contribution in [-0.2, 0) is 4.79 Å². The Kier molecular flexibility index (Phi) is 8.40. The fourth-order valence-corrected chi connectivity index (χ4v) is 4.35. The maximum Gasteiger partial charge on any atom is 0.257 e. The number of halogens is 1. The minimum atomic E-state index is -0.595. The van der Waals surface area contributed by atoms with Crippen molar-refractivity contribution in [1.29, 1.82) is 0 Å². The molecule has 38 heavy (non-hydrogen) atoms. The summed E-state index contributed by atoms with van der Waals surface area (Å²) >= 11 is 0. The molecule has 1 aliphatic rings. The van der Waals surface area contributed by atoms with E-state index in [1.165, 1.54) is 23.1 Å². The predicted octanol–water partition coefficient (Wildman–Crippen LogP) is 3.50. The van der Waals surface area contributed by atoms with Crippen LogP contribution in [0.1, 0.15) is 24.2 Å². The summed E-state index contributed by atoms with van der Waals surface area (Å²) in [6, 6.07) is 14.9. The standard InChI is InChI=1S/C28H32FN5O4/c1-19(2)34(28(36)21-7-5-6-8-22(21)29)18-27(35)33-15-13-32(14-16-33)26-12-10-23(30-31-26)20-9-11-24(37-3)25(17-20)38-4/h5-12,17,19H,13-16,18H2,1-4H3. The van der Waals surface area contributed by atoms with Crippen LogP contribution in [0.15, 0.2) is 54.6 Å². The van der Waals surface area contributed by atoms with Gasteiger partial charge in [-0.05, 0) is 56.3 Å². The third-order valence-electron chi connectivity index (χ3n) is 6.58. The molecule has 9 nitrogen and oxygen atoms in total. The Morgan fingerprint density at radius 2 is 1.66 bits per heavy atom. The first kappa shape index (κ1) is 26.8. The summed E-state index contributed by atoms with van der Waals surface area (Å²) in [5, 5.41) is 8.78. The predicted molar refractivity (Wildman–Crippen MR) is 142 cm³/mol. The fraction of sp³-hybridized carbons (Fsp3) is 0.357. The Balaban J connectivity index is 1.36. The molecular weight excluding hydrogens is 489 g/mol. The number of benzene rings is 2. The summed E-state index contributed by atoms with van der Waals surface area (Å²) in [4.78, 5) is 31.2. The molecule has 1 aromatic heterocycles. The van der Waals surface area contributed by atoms with E-state index in [1.807, 2.05) is 44.2 Å². The number of hydrogen-bond donors (Lipinski definition) is 0. The third kappa shape index (κ3) is 5.85. The van der Waals surface area contributed by atoms with E-state index >= 15 is 0 Å². The third-order valence-corrected chi connectivity index (χ3v) is 6.58. The van der Waals surface area contributed by atoms with Crippen LogP contribution in [0.3, 0.4) is 0 Å². The summed E-state index contributed by atoms with van der Waals surface area (Å²) in [5.74, 6) is 0.722. The highest BCUT2D eigenvalue weighted by molar-refractivity contribution is 5.97. The van der Waals surface area contributed by atoms with E-state index in [0.29, 0.717) is 43.4 Å². The van der Waals surface area contributed by atoms with Crippen molar-refractivity contribution in [1.82, 2.24) is 20.0 Å². The molecule has 3 aromatic rings. The van der Waals surface area contributed by atoms with Gasteiger partial charge in [-0.15, -0.1) is 10.2 Å². The minimum absolute atomic E-state index is 0.0334. The van der Waals surface area contributed by atoms with Crippen molar-refractivity contribution in [3.8, 4) is 22.8 Å². The van der Waals surface area contributed by atoms with Gasteiger partial charge in [-0.2, -0.15) is 0 Å². The van der Waals surface area contributed by atoms with Gasteiger partial charge in [0.05, 0.1) is 25.5 Å². The first-order valence-corrected chi connectivity index (χ1v) is 12.5. The molecule has 2 amide bonds. The van der Waals surface area contributed by atoms with Crippen molar-refractivity contribution in [2.24, 2.45) is 0 Å². The first-order chi connectivity index (χ1) is 18.3. The van der Waals surface area contributed by atoms with Crippen molar-refractivity contribution >= 4 is 17.6 Å². The summed E-state index contributed by atoms with van der Waals surface area (Å²) in [6.07, 6.45) is 0. The second-order valence-electron chi connectivity index (χ2n) is 9.22. The molecule has 4 rings (SSSR count). The molecule has 0 aliphatic carbocycles. The topological polar surface area (TPSA) is 88.1 Å². The zero-order chi connectivity index (χ0) is 27.2. The van der Waals surface area contributed by atoms with Crippen molar-refractivity contribution in [3.63, 3.8) is 0 Å². The minimum Gasteiger partial charge on any atom is -0.493 e. The molecule has 0 spiro atoms. The van der Waals surface area contributed by atoms with Crippen molar-refractivity contribution < 1.29 is 23.5 Å².